The van der Waals surface area contributed by atoms with E-state index >= 15 is 0 Å². The number of aldehydes is 1. The Balaban J connectivity index is 3.07. The number of benzene rings is 1. The number of aromatic hydroxyl groups is 1. The van der Waals surface area contributed by atoms with Crippen molar-refractivity contribution in [1.29, 1.82) is 0 Å². The molecule has 1 aromatic rings. The molecule has 0 saturated heterocycles. The van der Waals surface area contributed by atoms with Crippen molar-refractivity contribution >= 4 is 12.4 Å². The molecule has 0 fully saturated rings. The first kappa shape index (κ1) is 11.4. The van der Waals surface area contributed by atoms with Crippen molar-refractivity contribution in [3.05, 3.63) is 35.2 Å². The van der Waals surface area contributed by atoms with E-state index in [-0.39, 0.29) is 11.7 Å². The van der Waals surface area contributed by atoms with Gasteiger partial charge in [-0.3, -0.25) is 4.79 Å². The van der Waals surface area contributed by atoms with Crippen molar-refractivity contribution < 1.29 is 14.3 Å². The van der Waals surface area contributed by atoms with E-state index in [1.165, 1.54) is 12.1 Å². The zero-order valence-corrected chi connectivity index (χ0v) is 8.70. The lowest BCUT2D eigenvalue weighted by atomic mass is 10.0. The Labute approximate surface area is 88.1 Å². The second kappa shape index (κ2) is 4.73. The molecule has 0 saturated carbocycles. The highest BCUT2D eigenvalue weighted by Gasteiger charge is 2.04. The summed E-state index contributed by atoms with van der Waals surface area (Å²) in [6.07, 6.45) is 2.37. The van der Waals surface area contributed by atoms with Crippen molar-refractivity contribution in [2.24, 2.45) is 5.92 Å². The van der Waals surface area contributed by atoms with Gasteiger partial charge >= 0.3 is 0 Å². The summed E-state index contributed by atoms with van der Waals surface area (Å²) in [6, 6.07) is 4.02. The molecule has 1 N–H and O–H groups in total. The predicted molar refractivity (Wildman–Crippen MR) is 56.9 cm³/mol. The molecule has 1 aromatic carbocycles. The molecule has 0 radical (unpaired) electrons. The van der Waals surface area contributed by atoms with Crippen LogP contribution in [-0.2, 0) is 4.79 Å². The fraction of sp³-hybridized carbons (Fsp3) is 0.250. The maximum atomic E-state index is 13.0. The molecule has 0 aliphatic heterocycles. The molecular weight excluding hydrogens is 195 g/mol. The quantitative estimate of drug-likeness (QED) is 0.612. The van der Waals surface area contributed by atoms with Crippen LogP contribution < -0.4 is 0 Å². The van der Waals surface area contributed by atoms with Crippen LogP contribution in [0.1, 0.15) is 19.4 Å². The van der Waals surface area contributed by atoms with Gasteiger partial charge in [-0.15, -0.1) is 0 Å². The van der Waals surface area contributed by atoms with Crippen LogP contribution in [-0.4, -0.2) is 11.4 Å². The van der Waals surface area contributed by atoms with Crippen LogP contribution in [0.15, 0.2) is 23.8 Å². The van der Waals surface area contributed by atoms with Crippen LogP contribution in [0.25, 0.3) is 6.08 Å². The van der Waals surface area contributed by atoms with Crippen LogP contribution in [0.3, 0.4) is 0 Å². The minimum absolute atomic E-state index is 0.0966. The molecule has 0 aliphatic carbocycles. The molecular formula is C12H13FO2. The Bertz CT molecular complexity index is 395. The zero-order chi connectivity index (χ0) is 11.4. The smallest absolute Gasteiger partial charge is 0.165 e. The zero-order valence-electron chi connectivity index (χ0n) is 8.70. The van der Waals surface area contributed by atoms with Gasteiger partial charge in [0.2, 0.25) is 0 Å². The van der Waals surface area contributed by atoms with Gasteiger partial charge in [-0.05, 0) is 35.3 Å². The summed E-state index contributed by atoms with van der Waals surface area (Å²) in [4.78, 5) is 10.7. The summed E-state index contributed by atoms with van der Waals surface area (Å²) in [5, 5.41) is 8.98. The lowest BCUT2D eigenvalue weighted by Crippen LogP contribution is -1.94. The maximum Gasteiger partial charge on any atom is 0.165 e. The Kier molecular flexibility index (Phi) is 3.61. The predicted octanol–water partition coefficient (Wildman–Crippen LogP) is 2.77. The van der Waals surface area contributed by atoms with E-state index in [4.69, 9.17) is 5.11 Å². The number of carbonyl (C=O) groups is 1. The van der Waals surface area contributed by atoms with Gasteiger partial charge in [0.1, 0.15) is 6.29 Å². The van der Waals surface area contributed by atoms with Gasteiger partial charge < -0.3 is 5.11 Å². The molecule has 15 heavy (non-hydrogen) atoms. The third-order valence-corrected chi connectivity index (χ3v) is 2.11. The molecule has 1 rings (SSSR count). The van der Waals surface area contributed by atoms with Crippen LogP contribution in [0.2, 0.25) is 0 Å². The highest BCUT2D eigenvalue weighted by atomic mass is 19.1. The minimum atomic E-state index is -0.683. The largest absolute Gasteiger partial charge is 0.505 e. The van der Waals surface area contributed by atoms with Gasteiger partial charge in [-0.25, -0.2) is 4.39 Å². The minimum Gasteiger partial charge on any atom is -0.505 e. The Morgan fingerprint density at radius 1 is 1.47 bits per heavy atom. The Hall–Kier alpha value is -1.64. The molecule has 2 nitrogen and oxygen atoms in total. The van der Waals surface area contributed by atoms with Crippen molar-refractivity contribution in [2.45, 2.75) is 13.8 Å². The second-order valence-corrected chi connectivity index (χ2v) is 3.63. The van der Waals surface area contributed by atoms with E-state index in [9.17, 15) is 9.18 Å². The van der Waals surface area contributed by atoms with E-state index in [1.54, 1.807) is 12.1 Å². The number of carbonyl (C=O) groups excluding carboxylic acids is 1. The summed E-state index contributed by atoms with van der Waals surface area (Å²) in [5.74, 6) is -0.971. The summed E-state index contributed by atoms with van der Waals surface area (Å²) in [6.45, 7) is 3.77. The van der Waals surface area contributed by atoms with Crippen molar-refractivity contribution in [2.75, 3.05) is 0 Å². The van der Waals surface area contributed by atoms with Crippen LogP contribution in [0.4, 0.5) is 4.39 Å². The van der Waals surface area contributed by atoms with Crippen LogP contribution >= 0.6 is 0 Å². The molecule has 0 aromatic heterocycles. The highest BCUT2D eigenvalue weighted by Crippen LogP contribution is 2.19. The molecule has 0 atom stereocenters. The van der Waals surface area contributed by atoms with Crippen LogP contribution in [0.5, 0.6) is 5.75 Å². The lowest BCUT2D eigenvalue weighted by Gasteiger charge is -2.04. The first-order valence-electron chi connectivity index (χ1n) is 4.70. The fourth-order valence-corrected chi connectivity index (χ4v) is 1.14. The fourth-order valence-electron chi connectivity index (χ4n) is 1.14. The second-order valence-electron chi connectivity index (χ2n) is 3.63. The highest BCUT2D eigenvalue weighted by molar-refractivity contribution is 5.82. The van der Waals surface area contributed by atoms with E-state index in [2.05, 4.69) is 0 Å². The third kappa shape index (κ3) is 2.91. The van der Waals surface area contributed by atoms with Gasteiger partial charge in [-0.1, -0.05) is 19.9 Å². The number of phenols is 1. The molecule has 80 valence electrons. The van der Waals surface area contributed by atoms with Gasteiger partial charge in [0.15, 0.2) is 11.6 Å². The normalized spacial score (nSPS) is 11.9. The van der Waals surface area contributed by atoms with E-state index in [1.807, 2.05) is 13.8 Å². The lowest BCUT2D eigenvalue weighted by molar-refractivity contribution is -0.105. The topological polar surface area (TPSA) is 37.3 Å². The standard InChI is InChI=1S/C12H13FO2/c1-8(2)10(7-14)5-9-3-4-12(15)11(13)6-9/h3-8,15H,1-2H3/b10-5+. The number of allylic oxidation sites excluding steroid dienone is 1. The summed E-state index contributed by atoms with van der Waals surface area (Å²) in [5.41, 5.74) is 1.17. The van der Waals surface area contributed by atoms with Gasteiger partial charge in [0.25, 0.3) is 0 Å². The van der Waals surface area contributed by atoms with Gasteiger partial charge in [0.05, 0.1) is 0 Å². The van der Waals surface area contributed by atoms with Crippen molar-refractivity contribution in [3.8, 4) is 5.75 Å². The molecule has 0 aliphatic rings. The molecule has 0 spiro atoms. The monoisotopic (exact) mass is 208 g/mol. The van der Waals surface area contributed by atoms with Gasteiger partial charge in [0, 0.05) is 0 Å². The Morgan fingerprint density at radius 2 is 2.13 bits per heavy atom. The number of hydrogen-bond acceptors (Lipinski definition) is 2. The van der Waals surface area contributed by atoms with Crippen molar-refractivity contribution in [1.82, 2.24) is 0 Å². The molecule has 0 heterocycles. The third-order valence-electron chi connectivity index (χ3n) is 2.11. The van der Waals surface area contributed by atoms with Gasteiger partial charge in [-0.2, -0.15) is 0 Å². The molecule has 0 amide bonds. The average molecular weight is 208 g/mol. The first-order chi connectivity index (χ1) is 7.04. The van der Waals surface area contributed by atoms with E-state index < -0.39 is 5.82 Å². The van der Waals surface area contributed by atoms with Crippen LogP contribution in [0, 0.1) is 11.7 Å². The summed E-state index contributed by atoms with van der Waals surface area (Å²) in [7, 11) is 0. The Morgan fingerprint density at radius 3 is 2.60 bits per heavy atom. The van der Waals surface area contributed by atoms with E-state index in [0.717, 1.165) is 6.29 Å². The summed E-state index contributed by atoms with van der Waals surface area (Å²) >= 11 is 0. The average Bonchev–Trinajstić information content (AvgIpc) is 2.19. The molecule has 0 unspecified atom stereocenters. The van der Waals surface area contributed by atoms with Crippen molar-refractivity contribution in [3.63, 3.8) is 0 Å². The summed E-state index contributed by atoms with van der Waals surface area (Å²) < 4.78 is 13.0. The number of halogens is 1. The number of rotatable bonds is 3. The van der Waals surface area contributed by atoms with E-state index in [0.29, 0.717) is 11.1 Å². The maximum absolute atomic E-state index is 13.0. The SMILES string of the molecule is CC(C)/C(C=O)=C/c1ccc(O)c(F)c1. The molecule has 3 heteroatoms. The molecule has 0 bridgehead atoms. The first-order valence-corrected chi connectivity index (χ1v) is 4.70. The number of phenolic OH excluding ortho intramolecular Hbond substituents is 1. The number of hydrogen-bond donors (Lipinski definition) is 1.